The van der Waals surface area contributed by atoms with Crippen LogP contribution in [0.1, 0.15) is 71.5 Å². The molecule has 1 unspecified atom stereocenters. The van der Waals surface area contributed by atoms with E-state index in [2.05, 4.69) is 14.8 Å². The van der Waals surface area contributed by atoms with Crippen LogP contribution in [0.3, 0.4) is 0 Å². The number of rotatable bonds is 2. The molecule has 0 saturated carbocycles. The molecule has 2 aromatic heterocycles. The van der Waals surface area contributed by atoms with E-state index in [0.29, 0.717) is 5.76 Å². The molecule has 1 atom stereocenters. The van der Waals surface area contributed by atoms with Crippen molar-refractivity contribution in [2.24, 2.45) is 0 Å². The topological polar surface area (TPSA) is 64.2 Å². The number of aryl methyl sites for hydroxylation is 3. The molecule has 5 rings (SSSR count). The largest absolute Gasteiger partial charge is 0.450 e. The van der Waals surface area contributed by atoms with Gasteiger partial charge in [0.2, 0.25) is 0 Å². The first-order chi connectivity index (χ1) is 13.6. The van der Waals surface area contributed by atoms with E-state index in [0.717, 1.165) is 72.5 Å². The predicted molar refractivity (Wildman–Crippen MR) is 106 cm³/mol. The molecule has 146 valence electrons. The van der Waals surface area contributed by atoms with E-state index in [1.807, 2.05) is 36.9 Å². The van der Waals surface area contributed by atoms with Gasteiger partial charge in [-0.05, 0) is 45.1 Å². The van der Waals surface area contributed by atoms with Crippen LogP contribution < -0.4 is 0 Å². The highest BCUT2D eigenvalue weighted by Crippen LogP contribution is 2.36. The molecule has 6 heteroatoms. The lowest BCUT2D eigenvalue weighted by atomic mass is 10.1. The van der Waals surface area contributed by atoms with Crippen molar-refractivity contribution in [3.05, 3.63) is 46.7 Å². The first-order valence-corrected chi connectivity index (χ1v) is 10.4. The Morgan fingerprint density at radius 1 is 1.11 bits per heavy atom. The van der Waals surface area contributed by atoms with Gasteiger partial charge in [-0.1, -0.05) is 24.6 Å². The highest BCUT2D eigenvalue weighted by molar-refractivity contribution is 5.99. The maximum absolute atomic E-state index is 13.5. The second-order valence-corrected chi connectivity index (χ2v) is 8.10. The van der Waals surface area contributed by atoms with E-state index in [1.165, 1.54) is 12.8 Å². The van der Waals surface area contributed by atoms with Crippen molar-refractivity contribution in [3.63, 3.8) is 0 Å². The van der Waals surface area contributed by atoms with Crippen LogP contribution in [-0.2, 0) is 13.0 Å². The van der Waals surface area contributed by atoms with Crippen molar-refractivity contribution in [1.82, 2.24) is 19.7 Å². The summed E-state index contributed by atoms with van der Waals surface area (Å²) >= 11 is 0. The number of aromatic nitrogens is 3. The van der Waals surface area contributed by atoms with Gasteiger partial charge in [0.1, 0.15) is 11.4 Å². The van der Waals surface area contributed by atoms with E-state index in [4.69, 9.17) is 4.42 Å². The van der Waals surface area contributed by atoms with E-state index >= 15 is 0 Å². The summed E-state index contributed by atoms with van der Waals surface area (Å²) < 4.78 is 8.33. The Morgan fingerprint density at radius 3 is 2.86 bits per heavy atom. The molecule has 0 spiro atoms. The van der Waals surface area contributed by atoms with Crippen LogP contribution in [-0.4, -0.2) is 32.1 Å². The molecule has 0 radical (unpaired) electrons. The van der Waals surface area contributed by atoms with E-state index in [1.54, 1.807) is 0 Å². The number of hydrogen-bond acceptors (Lipinski definition) is 4. The van der Waals surface area contributed by atoms with Crippen molar-refractivity contribution < 1.29 is 9.21 Å². The quantitative estimate of drug-likeness (QED) is 0.665. The van der Waals surface area contributed by atoms with Crippen molar-refractivity contribution in [3.8, 4) is 0 Å². The molecule has 4 heterocycles. The van der Waals surface area contributed by atoms with Gasteiger partial charge in [0.25, 0.3) is 5.91 Å². The monoisotopic (exact) mass is 378 g/mol. The number of fused-ring (bicyclic) bond motifs is 2. The van der Waals surface area contributed by atoms with Crippen LogP contribution >= 0.6 is 0 Å². The van der Waals surface area contributed by atoms with E-state index in [9.17, 15) is 4.79 Å². The minimum atomic E-state index is -0.0263. The minimum absolute atomic E-state index is 0.0134. The fourth-order valence-electron chi connectivity index (χ4n) is 4.75. The molecule has 0 N–H and O–H groups in total. The fraction of sp³-hybridized carbons (Fsp3) is 0.500. The van der Waals surface area contributed by atoms with Crippen molar-refractivity contribution in [2.45, 2.75) is 65.0 Å². The highest BCUT2D eigenvalue weighted by Gasteiger charge is 2.37. The number of benzene rings is 1. The maximum atomic E-state index is 13.5. The van der Waals surface area contributed by atoms with Crippen LogP contribution in [0.2, 0.25) is 0 Å². The first-order valence-electron chi connectivity index (χ1n) is 10.4. The number of amides is 1. The van der Waals surface area contributed by atoms with Crippen LogP contribution in [0, 0.1) is 13.8 Å². The third kappa shape index (κ3) is 2.65. The molecule has 0 bridgehead atoms. The molecule has 28 heavy (non-hydrogen) atoms. The summed E-state index contributed by atoms with van der Waals surface area (Å²) in [4.78, 5) is 15.4. The molecule has 3 aromatic rings. The van der Waals surface area contributed by atoms with Gasteiger partial charge in [0.15, 0.2) is 11.6 Å². The third-order valence-electron chi connectivity index (χ3n) is 6.30. The molecule has 2 aliphatic heterocycles. The Bertz CT molecular complexity index is 1050. The summed E-state index contributed by atoms with van der Waals surface area (Å²) in [7, 11) is 0. The van der Waals surface area contributed by atoms with Gasteiger partial charge in [-0.3, -0.25) is 4.79 Å². The summed E-state index contributed by atoms with van der Waals surface area (Å²) in [5.74, 6) is 2.46. The Balaban J connectivity index is 1.51. The van der Waals surface area contributed by atoms with Gasteiger partial charge in [0.05, 0.1) is 6.04 Å². The molecule has 0 aliphatic carbocycles. The van der Waals surface area contributed by atoms with Crippen molar-refractivity contribution >= 4 is 16.9 Å². The van der Waals surface area contributed by atoms with Gasteiger partial charge >= 0.3 is 0 Å². The average Bonchev–Trinajstić information content (AvgIpc) is 3.36. The molecule has 1 saturated heterocycles. The predicted octanol–water partition coefficient (Wildman–Crippen LogP) is 4.34. The Morgan fingerprint density at radius 2 is 2.00 bits per heavy atom. The molecular weight excluding hydrogens is 352 g/mol. The van der Waals surface area contributed by atoms with Gasteiger partial charge < -0.3 is 13.9 Å². The average molecular weight is 378 g/mol. The Labute approximate surface area is 164 Å². The molecular formula is C22H26N4O2. The lowest BCUT2D eigenvalue weighted by Gasteiger charge is -2.24. The Kier molecular flexibility index (Phi) is 4.22. The number of likely N-dealkylation sites (tertiary alicyclic amines) is 1. The summed E-state index contributed by atoms with van der Waals surface area (Å²) in [6, 6.07) is 6.04. The third-order valence-corrected chi connectivity index (χ3v) is 6.30. The molecule has 1 amide bonds. The number of carbonyl (C=O) groups excluding carboxylic acids is 1. The number of furan rings is 1. The standard InChI is InChI=1S/C22H26N4O2/c1-14-8-6-9-16-15(2)20(28-19(14)16)22(27)25-13-7-10-17(25)21-24-23-18-11-4-3-5-12-26(18)21/h6,8-9,17H,3-5,7,10-13H2,1-2H3. The van der Waals surface area contributed by atoms with Gasteiger partial charge in [-0.25, -0.2) is 0 Å². The SMILES string of the molecule is Cc1c(C(=O)N2CCCC2c2nnc3n2CCCCC3)oc2c(C)cccc12. The van der Waals surface area contributed by atoms with Gasteiger partial charge in [0, 0.05) is 30.5 Å². The second-order valence-electron chi connectivity index (χ2n) is 8.10. The summed E-state index contributed by atoms with van der Waals surface area (Å²) in [5, 5.41) is 9.98. The number of nitrogens with zero attached hydrogens (tertiary/aromatic N) is 4. The van der Waals surface area contributed by atoms with Crippen LogP contribution in [0.5, 0.6) is 0 Å². The van der Waals surface area contributed by atoms with E-state index < -0.39 is 0 Å². The van der Waals surface area contributed by atoms with Crippen molar-refractivity contribution in [1.29, 1.82) is 0 Å². The lowest BCUT2D eigenvalue weighted by Crippen LogP contribution is -2.32. The molecule has 1 aromatic carbocycles. The zero-order valence-corrected chi connectivity index (χ0v) is 16.6. The molecule has 2 aliphatic rings. The highest BCUT2D eigenvalue weighted by atomic mass is 16.3. The maximum Gasteiger partial charge on any atom is 0.290 e. The number of carbonyl (C=O) groups is 1. The van der Waals surface area contributed by atoms with Gasteiger partial charge in [-0.2, -0.15) is 0 Å². The number of para-hydroxylation sites is 1. The van der Waals surface area contributed by atoms with Crippen LogP contribution in [0.4, 0.5) is 0 Å². The Hall–Kier alpha value is -2.63. The molecule has 6 nitrogen and oxygen atoms in total. The minimum Gasteiger partial charge on any atom is -0.450 e. The second kappa shape index (κ2) is 6.76. The van der Waals surface area contributed by atoms with Crippen LogP contribution in [0.25, 0.3) is 11.0 Å². The van der Waals surface area contributed by atoms with Gasteiger partial charge in [-0.15, -0.1) is 10.2 Å². The number of hydrogen-bond donors (Lipinski definition) is 0. The summed E-state index contributed by atoms with van der Waals surface area (Å²) in [5.41, 5.74) is 2.80. The summed E-state index contributed by atoms with van der Waals surface area (Å²) in [6.07, 6.45) is 6.45. The zero-order chi connectivity index (χ0) is 19.3. The zero-order valence-electron chi connectivity index (χ0n) is 16.6. The fourth-order valence-corrected chi connectivity index (χ4v) is 4.75. The summed E-state index contributed by atoms with van der Waals surface area (Å²) in [6.45, 7) is 5.69. The van der Waals surface area contributed by atoms with E-state index in [-0.39, 0.29) is 11.9 Å². The lowest BCUT2D eigenvalue weighted by molar-refractivity contribution is 0.0696. The smallest absolute Gasteiger partial charge is 0.290 e. The normalized spacial score (nSPS) is 19.8. The van der Waals surface area contributed by atoms with Crippen LogP contribution in [0.15, 0.2) is 22.6 Å². The molecule has 1 fully saturated rings. The van der Waals surface area contributed by atoms with Crippen molar-refractivity contribution in [2.75, 3.05) is 6.54 Å². The first kappa shape index (κ1) is 17.5.